The number of hydrogen-bond acceptors (Lipinski definition) is 7. The SMILES string of the molecule is CCNc1cc(C)c2c(c1)/C=C/C[C@@H]1OC(=O)O[C@@H]1C(=O)/C=C\[C@@H](C)[C@H](C)OC2=O. The van der Waals surface area contributed by atoms with Crippen molar-refractivity contribution in [1.29, 1.82) is 0 Å². The number of carbonyl (C=O) groups excluding carboxylic acids is 3. The Hall–Kier alpha value is -3.09. The van der Waals surface area contributed by atoms with E-state index in [0.717, 1.165) is 17.8 Å². The summed E-state index contributed by atoms with van der Waals surface area (Å²) >= 11 is 0. The molecule has 1 aromatic carbocycles. The first kappa shape index (κ1) is 21.6. The number of hydrogen-bond donors (Lipinski definition) is 1. The first-order valence-electron chi connectivity index (χ1n) is 10.2. The molecule has 0 saturated carbocycles. The van der Waals surface area contributed by atoms with Crippen molar-refractivity contribution in [2.24, 2.45) is 5.92 Å². The number of anilines is 1. The van der Waals surface area contributed by atoms with Gasteiger partial charge in [0, 0.05) is 24.6 Å². The van der Waals surface area contributed by atoms with E-state index in [1.54, 1.807) is 25.2 Å². The van der Waals surface area contributed by atoms with Crippen LogP contribution < -0.4 is 5.32 Å². The van der Waals surface area contributed by atoms with Crippen LogP contribution in [0.2, 0.25) is 0 Å². The van der Waals surface area contributed by atoms with Gasteiger partial charge in [0.2, 0.25) is 6.10 Å². The molecule has 0 amide bonds. The number of rotatable bonds is 2. The molecule has 7 nitrogen and oxygen atoms in total. The van der Waals surface area contributed by atoms with Crippen LogP contribution in [-0.2, 0) is 19.0 Å². The molecule has 3 rings (SSSR count). The molecular weight excluding hydrogens is 386 g/mol. The lowest BCUT2D eigenvalue weighted by atomic mass is 9.97. The minimum atomic E-state index is -0.985. The standard InChI is InChI=1S/C23H27NO6/c1-5-24-17-11-14(3)20-16(12-17)7-6-8-19-21(30-23(27)29-19)18(25)10-9-13(2)15(4)28-22(20)26/h6-7,9-13,15,19,21,24H,5,8H2,1-4H3/b7-6+,10-9-/t13-,15+,19+,21-/m1/s1. The van der Waals surface area contributed by atoms with Crippen molar-refractivity contribution in [2.75, 3.05) is 11.9 Å². The van der Waals surface area contributed by atoms with E-state index in [4.69, 9.17) is 14.2 Å². The number of aryl methyl sites for hydroxylation is 1. The number of benzene rings is 1. The molecule has 1 N–H and O–H groups in total. The van der Waals surface area contributed by atoms with Gasteiger partial charge in [0.1, 0.15) is 6.10 Å². The van der Waals surface area contributed by atoms with E-state index in [2.05, 4.69) is 5.32 Å². The minimum absolute atomic E-state index is 0.211. The van der Waals surface area contributed by atoms with Crippen LogP contribution in [-0.4, -0.2) is 42.8 Å². The number of nitrogens with one attached hydrogen (secondary N) is 1. The molecule has 1 saturated heterocycles. The fourth-order valence-corrected chi connectivity index (χ4v) is 3.50. The molecule has 2 aliphatic heterocycles. The van der Waals surface area contributed by atoms with Crippen molar-refractivity contribution >= 4 is 29.7 Å². The summed E-state index contributed by atoms with van der Waals surface area (Å²) in [6.45, 7) is 8.24. The van der Waals surface area contributed by atoms with Gasteiger partial charge in [-0.25, -0.2) is 9.59 Å². The van der Waals surface area contributed by atoms with Crippen LogP contribution in [0.3, 0.4) is 0 Å². The van der Waals surface area contributed by atoms with Gasteiger partial charge in [-0.3, -0.25) is 4.79 Å². The topological polar surface area (TPSA) is 90.9 Å². The van der Waals surface area contributed by atoms with Gasteiger partial charge in [-0.2, -0.15) is 0 Å². The zero-order valence-electron chi connectivity index (χ0n) is 17.6. The number of ketones is 1. The second-order valence-electron chi connectivity index (χ2n) is 7.60. The van der Waals surface area contributed by atoms with E-state index in [0.29, 0.717) is 11.1 Å². The normalized spacial score (nSPS) is 28.9. The van der Waals surface area contributed by atoms with Crippen LogP contribution in [0.15, 0.2) is 30.4 Å². The van der Waals surface area contributed by atoms with Gasteiger partial charge in [0.15, 0.2) is 11.9 Å². The average Bonchev–Trinajstić information content (AvgIpc) is 3.05. The second kappa shape index (κ2) is 9.15. The summed E-state index contributed by atoms with van der Waals surface area (Å²) in [5, 5.41) is 3.25. The van der Waals surface area contributed by atoms with Gasteiger partial charge in [-0.15, -0.1) is 0 Å². The number of ether oxygens (including phenoxy) is 3. The van der Waals surface area contributed by atoms with E-state index < -0.39 is 30.4 Å². The predicted octanol–water partition coefficient (Wildman–Crippen LogP) is 4.05. The maximum Gasteiger partial charge on any atom is 0.509 e. The number of esters is 1. The van der Waals surface area contributed by atoms with Crippen molar-refractivity contribution in [2.45, 2.75) is 52.4 Å². The summed E-state index contributed by atoms with van der Waals surface area (Å²) in [4.78, 5) is 37.1. The molecule has 4 atom stereocenters. The van der Waals surface area contributed by atoms with Gasteiger partial charge in [-0.05, 0) is 50.1 Å². The Morgan fingerprint density at radius 2 is 1.83 bits per heavy atom. The molecule has 0 unspecified atom stereocenters. The Morgan fingerprint density at radius 3 is 2.57 bits per heavy atom. The molecule has 2 heterocycles. The highest BCUT2D eigenvalue weighted by Gasteiger charge is 2.40. The molecule has 1 aromatic rings. The quantitative estimate of drug-likeness (QED) is 0.731. The Kier molecular flexibility index (Phi) is 6.59. The molecule has 160 valence electrons. The molecule has 0 bridgehead atoms. The monoisotopic (exact) mass is 413 g/mol. The van der Waals surface area contributed by atoms with Crippen molar-refractivity contribution in [3.8, 4) is 0 Å². The Labute approximate surface area is 176 Å². The van der Waals surface area contributed by atoms with E-state index in [-0.39, 0.29) is 18.1 Å². The largest absolute Gasteiger partial charge is 0.509 e. The summed E-state index contributed by atoms with van der Waals surface area (Å²) in [7, 11) is 0. The highest BCUT2D eigenvalue weighted by molar-refractivity contribution is 5.97. The minimum Gasteiger partial charge on any atom is -0.458 e. The van der Waals surface area contributed by atoms with Crippen molar-refractivity contribution < 1.29 is 28.6 Å². The fraction of sp³-hybridized carbons (Fsp3) is 0.435. The molecule has 1 fully saturated rings. The van der Waals surface area contributed by atoms with E-state index >= 15 is 0 Å². The molecule has 7 heteroatoms. The lowest BCUT2D eigenvalue weighted by Crippen LogP contribution is -2.30. The summed E-state index contributed by atoms with van der Waals surface area (Å²) < 4.78 is 15.9. The molecule has 2 aliphatic rings. The van der Waals surface area contributed by atoms with Crippen LogP contribution in [0.25, 0.3) is 6.08 Å². The van der Waals surface area contributed by atoms with Gasteiger partial charge in [0.25, 0.3) is 0 Å². The third-order valence-electron chi connectivity index (χ3n) is 5.30. The van der Waals surface area contributed by atoms with Gasteiger partial charge in [0.05, 0.1) is 5.56 Å². The predicted molar refractivity (Wildman–Crippen MR) is 112 cm³/mol. The fourth-order valence-electron chi connectivity index (χ4n) is 3.50. The van der Waals surface area contributed by atoms with Crippen molar-refractivity contribution in [1.82, 2.24) is 0 Å². The Bertz CT molecular complexity index is 903. The number of fused-ring (bicyclic) bond motifs is 2. The summed E-state index contributed by atoms with van der Waals surface area (Å²) in [5.41, 5.74) is 2.86. The lowest BCUT2D eigenvalue weighted by Gasteiger charge is -2.20. The first-order chi connectivity index (χ1) is 14.3. The number of carbonyl (C=O) groups is 3. The van der Waals surface area contributed by atoms with Crippen LogP contribution >= 0.6 is 0 Å². The highest BCUT2D eigenvalue weighted by atomic mass is 16.8. The van der Waals surface area contributed by atoms with Crippen LogP contribution in [0, 0.1) is 12.8 Å². The van der Waals surface area contributed by atoms with E-state index in [1.807, 2.05) is 32.9 Å². The lowest BCUT2D eigenvalue weighted by molar-refractivity contribution is -0.122. The molecule has 30 heavy (non-hydrogen) atoms. The third-order valence-corrected chi connectivity index (χ3v) is 5.30. The molecular formula is C23H27NO6. The van der Waals surface area contributed by atoms with E-state index in [1.165, 1.54) is 6.08 Å². The maximum absolute atomic E-state index is 13.0. The third kappa shape index (κ3) is 4.72. The summed E-state index contributed by atoms with van der Waals surface area (Å²) in [6, 6.07) is 3.79. The zero-order chi connectivity index (χ0) is 21.8. The average molecular weight is 413 g/mol. The van der Waals surface area contributed by atoms with Crippen LogP contribution in [0.5, 0.6) is 0 Å². The molecule has 0 aromatic heterocycles. The maximum atomic E-state index is 13.0. The smallest absolute Gasteiger partial charge is 0.458 e. The molecule has 0 aliphatic carbocycles. The highest BCUT2D eigenvalue weighted by Crippen LogP contribution is 2.26. The first-order valence-corrected chi connectivity index (χ1v) is 10.2. The Morgan fingerprint density at radius 1 is 1.07 bits per heavy atom. The van der Waals surface area contributed by atoms with Crippen molar-refractivity contribution in [3.05, 3.63) is 47.1 Å². The van der Waals surface area contributed by atoms with Crippen LogP contribution in [0.1, 0.15) is 48.7 Å². The van der Waals surface area contributed by atoms with E-state index in [9.17, 15) is 14.4 Å². The zero-order valence-corrected chi connectivity index (χ0v) is 17.6. The summed E-state index contributed by atoms with van der Waals surface area (Å²) in [6.07, 6.45) is 3.86. The van der Waals surface area contributed by atoms with Gasteiger partial charge >= 0.3 is 12.1 Å². The van der Waals surface area contributed by atoms with Gasteiger partial charge in [-0.1, -0.05) is 25.2 Å². The molecule has 0 spiro atoms. The molecule has 0 radical (unpaired) electrons. The number of cyclic esters (lactones) is 1. The Balaban J connectivity index is 2.03. The van der Waals surface area contributed by atoms with Crippen molar-refractivity contribution in [3.63, 3.8) is 0 Å². The summed E-state index contributed by atoms with van der Waals surface area (Å²) in [5.74, 6) is -0.982. The van der Waals surface area contributed by atoms with Crippen LogP contribution in [0.4, 0.5) is 10.5 Å². The second-order valence-corrected chi connectivity index (χ2v) is 7.60. The van der Waals surface area contributed by atoms with Gasteiger partial charge < -0.3 is 19.5 Å².